The quantitative estimate of drug-likeness (QED) is 0.847. The smallest absolute Gasteiger partial charge is 0.237 e. The van der Waals surface area contributed by atoms with Gasteiger partial charge in [0.1, 0.15) is 6.04 Å². The van der Waals surface area contributed by atoms with Crippen molar-refractivity contribution in [3.05, 3.63) is 42.4 Å². The standard InChI is InChI=1S/C17H23N3O2.ClH/c1-11(2)9-14(18)16(21)20-12(3)17-19-10-15(22-17)13-7-5-4-6-8-13;/h4-8,10-12,14H,9,18H2,1-3H3,(H,20,21);1H/t12?,14-;/m0./s1. The molecule has 0 aliphatic carbocycles. The second kappa shape index (κ2) is 8.70. The maximum atomic E-state index is 12.0. The number of hydrogen-bond acceptors (Lipinski definition) is 4. The number of rotatable bonds is 6. The van der Waals surface area contributed by atoms with Gasteiger partial charge >= 0.3 is 0 Å². The van der Waals surface area contributed by atoms with E-state index in [9.17, 15) is 4.79 Å². The fourth-order valence-electron chi connectivity index (χ4n) is 2.22. The molecular formula is C17H24ClN3O2. The minimum atomic E-state index is -0.508. The normalized spacial score (nSPS) is 13.3. The van der Waals surface area contributed by atoms with E-state index in [1.807, 2.05) is 51.1 Å². The molecule has 3 N–H and O–H groups in total. The van der Waals surface area contributed by atoms with E-state index in [4.69, 9.17) is 10.2 Å². The Morgan fingerprint density at radius 1 is 1.26 bits per heavy atom. The summed E-state index contributed by atoms with van der Waals surface area (Å²) in [6, 6.07) is 8.90. The predicted octanol–water partition coefficient (Wildman–Crippen LogP) is 3.31. The third-order valence-corrected chi connectivity index (χ3v) is 3.37. The Morgan fingerprint density at radius 2 is 1.91 bits per heavy atom. The van der Waals surface area contributed by atoms with Crippen molar-refractivity contribution in [3.8, 4) is 11.3 Å². The second-order valence-corrected chi connectivity index (χ2v) is 5.90. The molecule has 23 heavy (non-hydrogen) atoms. The van der Waals surface area contributed by atoms with Gasteiger partial charge < -0.3 is 15.5 Å². The van der Waals surface area contributed by atoms with Crippen molar-refractivity contribution >= 4 is 18.3 Å². The highest BCUT2D eigenvalue weighted by molar-refractivity contribution is 5.85. The first kappa shape index (κ1) is 19.2. The fraction of sp³-hybridized carbons (Fsp3) is 0.412. The van der Waals surface area contributed by atoms with E-state index in [2.05, 4.69) is 10.3 Å². The van der Waals surface area contributed by atoms with Gasteiger partial charge in [0.2, 0.25) is 11.8 Å². The van der Waals surface area contributed by atoms with Crippen LogP contribution in [0.5, 0.6) is 0 Å². The zero-order valence-electron chi connectivity index (χ0n) is 13.7. The van der Waals surface area contributed by atoms with Gasteiger partial charge in [0.15, 0.2) is 5.76 Å². The Balaban J connectivity index is 0.00000264. The number of aromatic nitrogens is 1. The average molecular weight is 338 g/mol. The molecule has 1 heterocycles. The van der Waals surface area contributed by atoms with Crippen LogP contribution in [-0.4, -0.2) is 16.9 Å². The summed E-state index contributed by atoms with van der Waals surface area (Å²) >= 11 is 0. The number of nitrogens with zero attached hydrogens (tertiary/aromatic N) is 1. The zero-order chi connectivity index (χ0) is 16.1. The van der Waals surface area contributed by atoms with Crippen LogP contribution in [0.1, 0.15) is 39.1 Å². The van der Waals surface area contributed by atoms with Crippen molar-refractivity contribution in [2.45, 2.75) is 39.3 Å². The molecule has 2 aromatic rings. The van der Waals surface area contributed by atoms with Crippen LogP contribution in [0.15, 0.2) is 40.9 Å². The van der Waals surface area contributed by atoms with Gasteiger partial charge in [0, 0.05) is 5.56 Å². The van der Waals surface area contributed by atoms with Crippen LogP contribution in [0.2, 0.25) is 0 Å². The number of carbonyl (C=O) groups excluding carboxylic acids is 1. The van der Waals surface area contributed by atoms with E-state index < -0.39 is 6.04 Å². The first-order chi connectivity index (χ1) is 10.5. The maximum Gasteiger partial charge on any atom is 0.237 e. The van der Waals surface area contributed by atoms with Crippen LogP contribution >= 0.6 is 12.4 Å². The van der Waals surface area contributed by atoms with Gasteiger partial charge in [-0.25, -0.2) is 4.98 Å². The maximum absolute atomic E-state index is 12.0. The Bertz CT molecular complexity index is 613. The predicted molar refractivity (Wildman–Crippen MR) is 93.2 cm³/mol. The Morgan fingerprint density at radius 3 is 2.52 bits per heavy atom. The molecule has 0 spiro atoms. The van der Waals surface area contributed by atoms with Crippen molar-refractivity contribution < 1.29 is 9.21 Å². The van der Waals surface area contributed by atoms with Gasteiger partial charge in [-0.2, -0.15) is 0 Å². The van der Waals surface area contributed by atoms with Crippen molar-refractivity contribution in [2.75, 3.05) is 0 Å². The summed E-state index contributed by atoms with van der Waals surface area (Å²) in [5, 5.41) is 2.85. The number of nitrogens with one attached hydrogen (secondary N) is 1. The molecule has 0 aliphatic heterocycles. The molecule has 1 aromatic heterocycles. The summed E-state index contributed by atoms with van der Waals surface area (Å²) in [7, 11) is 0. The van der Waals surface area contributed by atoms with Crippen LogP contribution in [0.25, 0.3) is 11.3 Å². The monoisotopic (exact) mass is 337 g/mol. The number of nitrogens with two attached hydrogens (primary N) is 1. The molecule has 6 heteroatoms. The van der Waals surface area contributed by atoms with E-state index in [1.165, 1.54) is 0 Å². The van der Waals surface area contributed by atoms with E-state index in [-0.39, 0.29) is 24.4 Å². The summed E-state index contributed by atoms with van der Waals surface area (Å²) in [5.74, 6) is 1.36. The zero-order valence-corrected chi connectivity index (χ0v) is 14.5. The third kappa shape index (κ3) is 5.37. The van der Waals surface area contributed by atoms with Gasteiger partial charge in [0.25, 0.3) is 0 Å². The van der Waals surface area contributed by atoms with Gasteiger partial charge in [-0.3, -0.25) is 4.79 Å². The molecule has 2 rings (SSSR count). The largest absolute Gasteiger partial charge is 0.438 e. The second-order valence-electron chi connectivity index (χ2n) is 5.90. The highest BCUT2D eigenvalue weighted by Crippen LogP contribution is 2.22. The van der Waals surface area contributed by atoms with E-state index in [0.717, 1.165) is 5.56 Å². The Hall–Kier alpha value is -1.85. The number of carbonyl (C=O) groups is 1. The van der Waals surface area contributed by atoms with Gasteiger partial charge in [-0.15, -0.1) is 12.4 Å². The first-order valence-corrected chi connectivity index (χ1v) is 7.54. The van der Waals surface area contributed by atoms with E-state index in [1.54, 1.807) is 6.20 Å². The highest BCUT2D eigenvalue weighted by Gasteiger charge is 2.20. The summed E-state index contributed by atoms with van der Waals surface area (Å²) < 4.78 is 5.73. The minimum Gasteiger partial charge on any atom is -0.438 e. The average Bonchev–Trinajstić information content (AvgIpc) is 2.97. The topological polar surface area (TPSA) is 81.2 Å². The third-order valence-electron chi connectivity index (χ3n) is 3.37. The molecule has 0 fully saturated rings. The number of benzene rings is 1. The summed E-state index contributed by atoms with van der Waals surface area (Å²) in [6.45, 7) is 5.91. The van der Waals surface area contributed by atoms with Gasteiger partial charge in [-0.1, -0.05) is 44.2 Å². The molecule has 0 bridgehead atoms. The van der Waals surface area contributed by atoms with Gasteiger partial charge in [-0.05, 0) is 19.3 Å². The summed E-state index contributed by atoms with van der Waals surface area (Å²) in [5.41, 5.74) is 6.83. The summed E-state index contributed by atoms with van der Waals surface area (Å²) in [6.07, 6.45) is 2.32. The molecule has 0 radical (unpaired) electrons. The minimum absolute atomic E-state index is 0. The molecule has 5 nitrogen and oxygen atoms in total. The van der Waals surface area contributed by atoms with Crippen molar-refractivity contribution in [1.82, 2.24) is 10.3 Å². The lowest BCUT2D eigenvalue weighted by Gasteiger charge is -2.16. The van der Waals surface area contributed by atoms with Crippen LogP contribution in [0.3, 0.4) is 0 Å². The number of hydrogen-bond donors (Lipinski definition) is 2. The van der Waals surface area contributed by atoms with Crippen LogP contribution in [-0.2, 0) is 4.79 Å². The van der Waals surface area contributed by atoms with Crippen LogP contribution < -0.4 is 11.1 Å². The lowest BCUT2D eigenvalue weighted by molar-refractivity contribution is -0.123. The molecule has 2 atom stereocenters. The molecule has 0 saturated heterocycles. The number of amides is 1. The van der Waals surface area contributed by atoms with Crippen molar-refractivity contribution in [2.24, 2.45) is 11.7 Å². The van der Waals surface area contributed by atoms with Crippen LogP contribution in [0.4, 0.5) is 0 Å². The number of oxazole rings is 1. The summed E-state index contributed by atoms with van der Waals surface area (Å²) in [4.78, 5) is 16.3. The van der Waals surface area contributed by atoms with E-state index in [0.29, 0.717) is 24.0 Å². The van der Waals surface area contributed by atoms with Gasteiger partial charge in [0.05, 0.1) is 12.2 Å². The van der Waals surface area contributed by atoms with Crippen molar-refractivity contribution in [1.29, 1.82) is 0 Å². The van der Waals surface area contributed by atoms with Crippen molar-refractivity contribution in [3.63, 3.8) is 0 Å². The molecule has 0 aliphatic rings. The van der Waals surface area contributed by atoms with Crippen LogP contribution in [0, 0.1) is 5.92 Å². The first-order valence-electron chi connectivity index (χ1n) is 7.54. The molecular weight excluding hydrogens is 314 g/mol. The Labute approximate surface area is 143 Å². The molecule has 1 unspecified atom stereocenters. The van der Waals surface area contributed by atoms with E-state index >= 15 is 0 Å². The lowest BCUT2D eigenvalue weighted by atomic mass is 10.0. The lowest BCUT2D eigenvalue weighted by Crippen LogP contribution is -2.42. The molecule has 126 valence electrons. The number of halogens is 1. The molecule has 1 aromatic carbocycles. The highest BCUT2D eigenvalue weighted by atomic mass is 35.5. The fourth-order valence-corrected chi connectivity index (χ4v) is 2.22. The molecule has 0 saturated carbocycles. The Kier molecular flexibility index (Phi) is 7.26. The SMILES string of the molecule is CC(C)C[C@H](N)C(=O)NC(C)c1ncc(-c2ccccc2)o1.Cl. The molecule has 1 amide bonds.